The molecule has 0 bridgehead atoms. The summed E-state index contributed by atoms with van der Waals surface area (Å²) in [6, 6.07) is 2.99. The van der Waals surface area contributed by atoms with E-state index >= 15 is 0 Å². The van der Waals surface area contributed by atoms with Crippen molar-refractivity contribution in [2.45, 2.75) is 51.4 Å². The predicted molar refractivity (Wildman–Crippen MR) is 90.8 cm³/mol. The van der Waals surface area contributed by atoms with Crippen LogP contribution in [0.3, 0.4) is 0 Å². The van der Waals surface area contributed by atoms with Crippen molar-refractivity contribution in [2.24, 2.45) is 0 Å². The van der Waals surface area contributed by atoms with E-state index in [2.05, 4.69) is 9.97 Å². The van der Waals surface area contributed by atoms with Crippen molar-refractivity contribution in [3.05, 3.63) is 55.4 Å². The lowest BCUT2D eigenvalue weighted by atomic mass is 9.65. The van der Waals surface area contributed by atoms with Crippen LogP contribution in [0.25, 0.3) is 0 Å². The zero-order chi connectivity index (χ0) is 17.5. The molecule has 0 aromatic carbocycles. The van der Waals surface area contributed by atoms with E-state index in [4.69, 9.17) is 0 Å². The van der Waals surface area contributed by atoms with E-state index in [-0.39, 0.29) is 22.6 Å². The molecule has 2 aromatic heterocycles. The minimum Gasteiger partial charge on any atom is -0.507 e. The van der Waals surface area contributed by atoms with Gasteiger partial charge in [0.05, 0.1) is 11.1 Å². The molecule has 0 unspecified atom stereocenters. The van der Waals surface area contributed by atoms with Gasteiger partial charge in [-0.1, -0.05) is 19.3 Å². The molecule has 0 radical (unpaired) electrons. The Kier molecular flexibility index (Phi) is 3.99. The molecule has 1 aliphatic carbocycles. The van der Waals surface area contributed by atoms with Crippen molar-refractivity contribution in [1.82, 2.24) is 9.97 Å². The van der Waals surface area contributed by atoms with Gasteiger partial charge in [-0.25, -0.2) is 0 Å². The van der Waals surface area contributed by atoms with Crippen LogP contribution in [0.1, 0.15) is 54.6 Å². The molecule has 0 atom stereocenters. The highest BCUT2D eigenvalue weighted by Crippen LogP contribution is 2.47. The molecule has 2 heterocycles. The van der Waals surface area contributed by atoms with E-state index < -0.39 is 16.5 Å². The maximum Gasteiger partial charge on any atom is 0.255 e. The lowest BCUT2D eigenvalue weighted by Crippen LogP contribution is -2.40. The molecule has 24 heavy (non-hydrogen) atoms. The van der Waals surface area contributed by atoms with Crippen molar-refractivity contribution >= 4 is 0 Å². The van der Waals surface area contributed by atoms with E-state index in [1.54, 1.807) is 13.8 Å². The molecule has 1 fully saturated rings. The van der Waals surface area contributed by atoms with Gasteiger partial charge in [0.15, 0.2) is 0 Å². The summed E-state index contributed by atoms with van der Waals surface area (Å²) in [6.45, 7) is 3.38. The maximum atomic E-state index is 12.6. The molecule has 4 N–H and O–H groups in total. The number of aryl methyl sites for hydroxylation is 2. The van der Waals surface area contributed by atoms with Gasteiger partial charge in [-0.2, -0.15) is 0 Å². The fraction of sp³-hybridized carbons (Fsp3) is 0.444. The third-order valence-electron chi connectivity index (χ3n) is 4.96. The van der Waals surface area contributed by atoms with Crippen LogP contribution in [-0.2, 0) is 5.41 Å². The molecule has 0 aliphatic heterocycles. The van der Waals surface area contributed by atoms with Gasteiger partial charge in [0, 0.05) is 16.8 Å². The van der Waals surface area contributed by atoms with Crippen LogP contribution in [0.15, 0.2) is 21.7 Å². The largest absolute Gasteiger partial charge is 0.507 e. The fourth-order valence-corrected chi connectivity index (χ4v) is 4.05. The third kappa shape index (κ3) is 2.52. The van der Waals surface area contributed by atoms with Gasteiger partial charge in [-0.05, 0) is 38.8 Å². The topological polar surface area (TPSA) is 106 Å². The second-order valence-corrected chi connectivity index (χ2v) is 6.73. The normalized spacial score (nSPS) is 16.9. The average Bonchev–Trinajstić information content (AvgIpc) is 2.45. The van der Waals surface area contributed by atoms with Gasteiger partial charge in [-0.3, -0.25) is 9.59 Å². The molecule has 1 saturated carbocycles. The Labute approximate surface area is 139 Å². The smallest absolute Gasteiger partial charge is 0.255 e. The first-order valence-electron chi connectivity index (χ1n) is 8.22. The second-order valence-electron chi connectivity index (χ2n) is 6.73. The standard InChI is InChI=1S/C18H22N2O4/c1-10-8-12(21)14(16(23)19-10)18(6-4-3-5-7-18)15-13(22)9-11(2)20-17(15)24/h8-9H,3-7H2,1-2H3,(H2,19,21,23)(H2,20,22,24). The Hall–Kier alpha value is -2.50. The summed E-state index contributed by atoms with van der Waals surface area (Å²) in [4.78, 5) is 30.7. The van der Waals surface area contributed by atoms with Crippen LogP contribution in [0.5, 0.6) is 11.5 Å². The molecular weight excluding hydrogens is 308 g/mol. The third-order valence-corrected chi connectivity index (χ3v) is 4.96. The summed E-state index contributed by atoms with van der Waals surface area (Å²) in [5.41, 5.74) is -0.337. The number of hydrogen-bond acceptors (Lipinski definition) is 4. The highest BCUT2D eigenvalue weighted by atomic mass is 16.3. The summed E-state index contributed by atoms with van der Waals surface area (Å²) in [5.74, 6) is -0.255. The molecule has 1 aliphatic rings. The second kappa shape index (κ2) is 5.85. The molecule has 3 rings (SSSR count). The van der Waals surface area contributed by atoms with E-state index in [1.165, 1.54) is 12.1 Å². The minimum atomic E-state index is -0.977. The molecule has 6 heteroatoms. The number of pyridine rings is 2. The van der Waals surface area contributed by atoms with E-state index in [0.29, 0.717) is 24.2 Å². The zero-order valence-corrected chi connectivity index (χ0v) is 13.9. The van der Waals surface area contributed by atoms with E-state index in [1.807, 2.05) is 0 Å². The minimum absolute atomic E-state index is 0.127. The van der Waals surface area contributed by atoms with Crippen molar-refractivity contribution in [2.75, 3.05) is 0 Å². The molecular formula is C18H22N2O4. The number of nitrogens with one attached hydrogen (secondary N) is 2. The van der Waals surface area contributed by atoms with Crippen LogP contribution >= 0.6 is 0 Å². The summed E-state index contributed by atoms with van der Waals surface area (Å²) in [6.07, 6.45) is 3.70. The van der Waals surface area contributed by atoms with Gasteiger partial charge in [0.1, 0.15) is 11.5 Å². The van der Waals surface area contributed by atoms with Crippen LogP contribution in [0, 0.1) is 13.8 Å². The number of aromatic hydroxyl groups is 2. The molecule has 0 saturated heterocycles. The molecule has 0 amide bonds. The van der Waals surface area contributed by atoms with Crippen molar-refractivity contribution in [3.63, 3.8) is 0 Å². The van der Waals surface area contributed by atoms with Crippen molar-refractivity contribution in [3.8, 4) is 11.5 Å². The molecule has 6 nitrogen and oxygen atoms in total. The summed E-state index contributed by atoms with van der Waals surface area (Å²) >= 11 is 0. The Bertz CT molecular complexity index is 821. The molecule has 0 spiro atoms. The van der Waals surface area contributed by atoms with Crippen LogP contribution < -0.4 is 11.1 Å². The fourth-order valence-electron chi connectivity index (χ4n) is 4.05. The number of aromatic amines is 2. The van der Waals surface area contributed by atoms with Crippen LogP contribution in [0.2, 0.25) is 0 Å². The quantitative estimate of drug-likeness (QED) is 0.678. The number of hydrogen-bond donors (Lipinski definition) is 4. The summed E-state index contributed by atoms with van der Waals surface area (Å²) in [5, 5.41) is 20.9. The lowest BCUT2D eigenvalue weighted by molar-refractivity contribution is 0.315. The van der Waals surface area contributed by atoms with Crippen molar-refractivity contribution in [1.29, 1.82) is 0 Å². The average molecular weight is 330 g/mol. The van der Waals surface area contributed by atoms with Gasteiger partial charge in [0.25, 0.3) is 11.1 Å². The highest BCUT2D eigenvalue weighted by Gasteiger charge is 2.43. The van der Waals surface area contributed by atoms with E-state index in [9.17, 15) is 19.8 Å². The summed E-state index contributed by atoms with van der Waals surface area (Å²) < 4.78 is 0. The highest BCUT2D eigenvalue weighted by molar-refractivity contribution is 5.50. The first-order valence-corrected chi connectivity index (χ1v) is 8.22. The van der Waals surface area contributed by atoms with Crippen molar-refractivity contribution < 1.29 is 10.2 Å². The molecule has 128 valence electrons. The summed E-state index contributed by atoms with van der Waals surface area (Å²) in [7, 11) is 0. The first-order chi connectivity index (χ1) is 11.3. The Morgan fingerprint density at radius 1 is 0.833 bits per heavy atom. The van der Waals surface area contributed by atoms with Gasteiger partial charge >= 0.3 is 0 Å². The number of H-pyrrole nitrogens is 2. The molecule has 2 aromatic rings. The number of rotatable bonds is 2. The number of aromatic nitrogens is 2. The zero-order valence-electron chi connectivity index (χ0n) is 13.9. The lowest BCUT2D eigenvalue weighted by Gasteiger charge is -2.37. The first kappa shape index (κ1) is 16.4. The van der Waals surface area contributed by atoms with Crippen LogP contribution in [-0.4, -0.2) is 20.2 Å². The monoisotopic (exact) mass is 330 g/mol. The predicted octanol–water partition coefficient (Wildman–Crippen LogP) is 2.34. The Balaban J connectivity index is 2.37. The SMILES string of the molecule is Cc1cc(O)c(C2(c3c(O)cc(C)[nH]c3=O)CCCCC2)c(=O)[nH]1. The van der Waals surface area contributed by atoms with E-state index in [0.717, 1.165) is 19.3 Å². The Morgan fingerprint density at radius 3 is 1.62 bits per heavy atom. The van der Waals surface area contributed by atoms with Gasteiger partial charge in [-0.15, -0.1) is 0 Å². The van der Waals surface area contributed by atoms with Gasteiger partial charge in [0.2, 0.25) is 0 Å². The van der Waals surface area contributed by atoms with Crippen LogP contribution in [0.4, 0.5) is 0 Å². The Morgan fingerprint density at radius 2 is 1.25 bits per heavy atom. The maximum absolute atomic E-state index is 12.6. The van der Waals surface area contributed by atoms with Gasteiger partial charge < -0.3 is 20.2 Å².